The van der Waals surface area contributed by atoms with Gasteiger partial charge in [0.1, 0.15) is 18.2 Å². The van der Waals surface area contributed by atoms with E-state index in [0.717, 1.165) is 5.56 Å². The number of nitrogens with zero attached hydrogens (tertiary/aromatic N) is 3. The molecule has 0 saturated carbocycles. The number of nitrogens with one attached hydrogen (secondary N) is 1. The molecule has 0 spiro atoms. The smallest absolute Gasteiger partial charge is 0.447 e. The van der Waals surface area contributed by atoms with Crippen molar-refractivity contribution >= 4 is 23.6 Å². The van der Waals surface area contributed by atoms with Crippen molar-refractivity contribution < 1.29 is 41.4 Å². The Labute approximate surface area is 216 Å². The topological polar surface area (TPSA) is 116 Å². The van der Waals surface area contributed by atoms with Gasteiger partial charge in [0, 0.05) is 23.2 Å². The summed E-state index contributed by atoms with van der Waals surface area (Å²) in [5.41, 5.74) is 0.397. The Morgan fingerprint density at radius 1 is 1.19 bits per heavy atom. The highest BCUT2D eigenvalue weighted by Crippen LogP contribution is 2.33. The maximum absolute atomic E-state index is 13.0. The normalized spacial score (nSPS) is 18.4. The Bertz CT molecular complexity index is 1100. The molecule has 1 aromatic carbocycles. The van der Waals surface area contributed by atoms with Gasteiger partial charge in [0.05, 0.1) is 6.61 Å². The van der Waals surface area contributed by atoms with Gasteiger partial charge in [0.2, 0.25) is 5.89 Å². The Morgan fingerprint density at radius 3 is 2.57 bits per heavy atom. The lowest BCUT2D eigenvalue weighted by Gasteiger charge is -2.38. The number of aryl methyl sites for hydroxylation is 1. The molecule has 0 bridgehead atoms. The van der Waals surface area contributed by atoms with Gasteiger partial charge in [-0.1, -0.05) is 16.7 Å². The Hall–Kier alpha value is -3.06. The zero-order chi connectivity index (χ0) is 27.4. The van der Waals surface area contributed by atoms with Crippen molar-refractivity contribution in [2.24, 2.45) is 0 Å². The number of halogens is 4. The summed E-state index contributed by atoms with van der Waals surface area (Å²) in [7, 11) is 0. The number of hydrogen-bond donors (Lipinski definition) is 1. The van der Waals surface area contributed by atoms with Crippen LogP contribution < -0.4 is 10.1 Å². The van der Waals surface area contributed by atoms with Gasteiger partial charge in [0.15, 0.2) is 0 Å². The van der Waals surface area contributed by atoms with Crippen LogP contribution in [0.5, 0.6) is 6.08 Å². The van der Waals surface area contributed by atoms with Gasteiger partial charge in [-0.2, -0.15) is 0 Å². The van der Waals surface area contributed by atoms with Crippen molar-refractivity contribution in [3.8, 4) is 6.08 Å². The van der Waals surface area contributed by atoms with Gasteiger partial charge < -0.3 is 19.2 Å². The van der Waals surface area contributed by atoms with Gasteiger partial charge in [-0.05, 0) is 64.3 Å². The second-order valence-corrected chi connectivity index (χ2v) is 9.82. The van der Waals surface area contributed by atoms with Crippen LogP contribution in [-0.4, -0.2) is 64.9 Å². The fourth-order valence-electron chi connectivity index (χ4n) is 3.62. The minimum atomic E-state index is -4.78. The van der Waals surface area contributed by atoms with Crippen LogP contribution >= 0.6 is 11.6 Å². The summed E-state index contributed by atoms with van der Waals surface area (Å²) in [4.78, 5) is 27.2. The molecule has 10 nitrogen and oxygen atoms in total. The number of amides is 2. The Kier molecular flexibility index (Phi) is 8.90. The quantitative estimate of drug-likeness (QED) is 0.490. The predicted molar refractivity (Wildman–Crippen MR) is 124 cm³/mol. The fourth-order valence-corrected chi connectivity index (χ4v) is 3.74. The maximum Gasteiger partial charge on any atom is 0.522 e. The second-order valence-electron chi connectivity index (χ2n) is 9.41. The zero-order valence-corrected chi connectivity index (χ0v) is 21.5. The number of rotatable bonds is 7. The number of alkyl halides is 3. The molecule has 2 heterocycles. The summed E-state index contributed by atoms with van der Waals surface area (Å²) in [5.74, 6) is -0.294. The zero-order valence-electron chi connectivity index (χ0n) is 20.7. The lowest BCUT2D eigenvalue weighted by molar-refractivity contribution is -0.325. The van der Waals surface area contributed by atoms with Crippen LogP contribution in [0.15, 0.2) is 22.6 Å². The molecule has 1 aromatic heterocycles. The van der Waals surface area contributed by atoms with Crippen LogP contribution in [0.1, 0.15) is 61.5 Å². The van der Waals surface area contributed by atoms with E-state index in [0.29, 0.717) is 23.4 Å². The third kappa shape index (κ3) is 8.49. The van der Waals surface area contributed by atoms with E-state index in [4.69, 9.17) is 25.5 Å². The third-order valence-corrected chi connectivity index (χ3v) is 5.67. The van der Waals surface area contributed by atoms with Crippen LogP contribution in [0.3, 0.4) is 0 Å². The molecule has 2 unspecified atom stereocenters. The Morgan fingerprint density at radius 2 is 1.92 bits per heavy atom. The average Bonchev–Trinajstić information content (AvgIpc) is 3.25. The molecule has 1 saturated heterocycles. The summed E-state index contributed by atoms with van der Waals surface area (Å²) in [6, 6.07) is 3.83. The van der Waals surface area contributed by atoms with Crippen LogP contribution in [0.2, 0.25) is 5.02 Å². The van der Waals surface area contributed by atoms with Crippen molar-refractivity contribution in [3.05, 3.63) is 40.2 Å². The first-order valence-corrected chi connectivity index (χ1v) is 11.8. The summed E-state index contributed by atoms with van der Waals surface area (Å²) in [5, 5.41) is 11.0. The van der Waals surface area contributed by atoms with Crippen molar-refractivity contribution in [3.63, 3.8) is 0 Å². The average molecular weight is 549 g/mol. The highest BCUT2D eigenvalue weighted by atomic mass is 35.5. The van der Waals surface area contributed by atoms with Gasteiger partial charge in [-0.25, -0.2) is 4.79 Å². The standard InChI is InChI=1S/C23H28ClF3N4O6/c1-13-11-14(5-7-16(13)24)18(32)28-15-6-8-17(31(12-15)21(33)37-22(2,3)4)19-29-30-20(36-19)34-9-10-35-23(25,26)27/h5,7,11,15,17H,6,8-10,12H2,1-4H3,(H,28,32). The molecule has 0 radical (unpaired) electrons. The summed E-state index contributed by atoms with van der Waals surface area (Å²) in [6.07, 6.45) is -4.99. The van der Waals surface area contributed by atoms with E-state index in [9.17, 15) is 22.8 Å². The molecular formula is C23H28ClF3N4O6. The monoisotopic (exact) mass is 548 g/mol. The van der Waals surface area contributed by atoms with Gasteiger partial charge in [0.25, 0.3) is 5.91 Å². The summed E-state index contributed by atoms with van der Waals surface area (Å²) < 4.78 is 55.9. The van der Waals surface area contributed by atoms with Crippen molar-refractivity contribution in [1.29, 1.82) is 0 Å². The number of likely N-dealkylation sites (tertiary alicyclic amines) is 1. The number of ether oxygens (including phenoxy) is 3. The molecule has 37 heavy (non-hydrogen) atoms. The Balaban J connectivity index is 1.69. The van der Waals surface area contributed by atoms with Crippen LogP contribution in [0, 0.1) is 6.92 Å². The SMILES string of the molecule is Cc1cc(C(=O)NC2CCC(c3nnc(OCCOC(F)(F)F)o3)N(C(=O)OC(C)(C)C)C2)ccc1Cl. The highest BCUT2D eigenvalue weighted by molar-refractivity contribution is 6.31. The number of carbonyl (C=O) groups excluding carboxylic acids is 2. The largest absolute Gasteiger partial charge is 0.522 e. The lowest BCUT2D eigenvalue weighted by Crippen LogP contribution is -2.52. The van der Waals surface area contributed by atoms with E-state index in [1.807, 2.05) is 0 Å². The molecule has 2 aromatic rings. The van der Waals surface area contributed by atoms with E-state index < -0.39 is 43.4 Å². The van der Waals surface area contributed by atoms with Gasteiger partial charge >= 0.3 is 18.5 Å². The van der Waals surface area contributed by atoms with Crippen LogP contribution in [0.25, 0.3) is 0 Å². The molecular weight excluding hydrogens is 521 g/mol. The molecule has 3 rings (SSSR count). The maximum atomic E-state index is 13.0. The molecule has 2 amide bonds. The first kappa shape index (κ1) is 28.5. The van der Waals surface area contributed by atoms with Crippen LogP contribution in [0.4, 0.5) is 18.0 Å². The number of aromatic nitrogens is 2. The second kappa shape index (κ2) is 11.5. The fraction of sp³-hybridized carbons (Fsp3) is 0.565. The van der Waals surface area contributed by atoms with E-state index >= 15 is 0 Å². The number of piperidine rings is 1. The number of hydrogen-bond acceptors (Lipinski definition) is 8. The molecule has 1 N–H and O–H groups in total. The molecule has 14 heteroatoms. The minimum absolute atomic E-state index is 0.0238. The van der Waals surface area contributed by atoms with E-state index in [1.54, 1.807) is 45.9 Å². The summed E-state index contributed by atoms with van der Waals surface area (Å²) >= 11 is 6.04. The molecule has 1 aliphatic heterocycles. The highest BCUT2D eigenvalue weighted by Gasteiger charge is 2.39. The third-order valence-electron chi connectivity index (χ3n) is 5.25. The van der Waals surface area contributed by atoms with Crippen LogP contribution in [-0.2, 0) is 9.47 Å². The van der Waals surface area contributed by atoms with Gasteiger partial charge in [-0.3, -0.25) is 14.4 Å². The molecule has 1 fully saturated rings. The molecule has 0 aliphatic carbocycles. The van der Waals surface area contributed by atoms with E-state index in [2.05, 4.69) is 20.3 Å². The first-order chi connectivity index (χ1) is 17.2. The summed E-state index contributed by atoms with van der Waals surface area (Å²) in [6.45, 7) is 5.80. The van der Waals surface area contributed by atoms with E-state index in [-0.39, 0.29) is 24.4 Å². The minimum Gasteiger partial charge on any atom is -0.447 e. The van der Waals surface area contributed by atoms with Crippen molar-refractivity contribution in [2.75, 3.05) is 19.8 Å². The van der Waals surface area contributed by atoms with E-state index in [1.165, 1.54) is 4.90 Å². The van der Waals surface area contributed by atoms with Gasteiger partial charge in [-0.15, -0.1) is 18.3 Å². The van der Waals surface area contributed by atoms with Crippen molar-refractivity contribution in [2.45, 2.75) is 64.6 Å². The molecule has 1 aliphatic rings. The lowest BCUT2D eigenvalue weighted by atomic mass is 9.98. The number of benzene rings is 1. The molecule has 204 valence electrons. The van der Waals surface area contributed by atoms with Crippen molar-refractivity contribution in [1.82, 2.24) is 20.4 Å². The number of carbonyl (C=O) groups is 2. The first-order valence-electron chi connectivity index (χ1n) is 11.5. The predicted octanol–water partition coefficient (Wildman–Crippen LogP) is 4.82. The molecule has 2 atom stereocenters.